The number of hydrogen-bond donors (Lipinski definition) is 0. The molecule has 0 aliphatic carbocycles. The molecule has 0 saturated carbocycles. The summed E-state index contributed by atoms with van der Waals surface area (Å²) in [5.41, 5.74) is 1.99. The Hall–Kier alpha value is -1.13. The molecule has 0 spiro atoms. The summed E-state index contributed by atoms with van der Waals surface area (Å²) in [5, 5.41) is 0. The van der Waals surface area contributed by atoms with E-state index in [0.717, 1.165) is 31.9 Å². The second kappa shape index (κ2) is 5.28. The van der Waals surface area contributed by atoms with Crippen LogP contribution >= 0.6 is 0 Å². The first-order chi connectivity index (χ1) is 7.75. The van der Waals surface area contributed by atoms with Gasteiger partial charge in [-0.05, 0) is 0 Å². The van der Waals surface area contributed by atoms with Crippen LogP contribution in [0.2, 0.25) is 0 Å². The molecule has 1 heterocycles. The first kappa shape index (κ1) is 11.4. The van der Waals surface area contributed by atoms with Gasteiger partial charge in [0.2, 0.25) is 0 Å². The molecule has 0 bridgehead atoms. The molecule has 0 atom stereocenters. The Morgan fingerprint density at radius 2 is 1.88 bits per heavy atom. The summed E-state index contributed by atoms with van der Waals surface area (Å²) in [6.07, 6.45) is 0. The number of ketones is 1. The fourth-order valence-corrected chi connectivity index (χ4v) is 1.79. The Bertz CT molecular complexity index is 358. The number of nitrogens with zero attached hydrogens (tertiary/aromatic N) is 1. The van der Waals surface area contributed by atoms with Gasteiger partial charge < -0.3 is 4.74 Å². The van der Waals surface area contributed by atoms with Crippen LogP contribution in [0.3, 0.4) is 0 Å². The lowest BCUT2D eigenvalue weighted by atomic mass is 9.94. The van der Waals surface area contributed by atoms with Gasteiger partial charge in [-0.1, -0.05) is 29.7 Å². The van der Waals surface area contributed by atoms with E-state index in [1.165, 1.54) is 5.46 Å². The lowest BCUT2D eigenvalue weighted by molar-refractivity contribution is 0.0371. The van der Waals surface area contributed by atoms with E-state index in [2.05, 4.69) is 4.90 Å². The number of carbonyl (C=O) groups is 1. The number of hydrogen-bond acceptors (Lipinski definition) is 3. The van der Waals surface area contributed by atoms with Crippen molar-refractivity contribution in [1.82, 2.24) is 4.90 Å². The molecule has 1 aliphatic rings. The summed E-state index contributed by atoms with van der Waals surface area (Å²) in [6, 6.07) is 7.76. The largest absolute Gasteiger partial charge is 0.379 e. The zero-order valence-corrected chi connectivity index (χ0v) is 9.61. The monoisotopic (exact) mass is 217 g/mol. The Labute approximate surface area is 96.8 Å². The van der Waals surface area contributed by atoms with Crippen molar-refractivity contribution in [3.63, 3.8) is 0 Å². The van der Waals surface area contributed by atoms with Gasteiger partial charge in [0.15, 0.2) is 5.78 Å². The number of rotatable bonds is 3. The first-order valence-corrected chi connectivity index (χ1v) is 5.66. The lowest BCUT2D eigenvalue weighted by Gasteiger charge is -2.25. The lowest BCUT2D eigenvalue weighted by Crippen LogP contribution is -2.39. The Morgan fingerprint density at radius 1 is 1.25 bits per heavy atom. The Morgan fingerprint density at radius 3 is 2.50 bits per heavy atom. The van der Waals surface area contributed by atoms with Crippen molar-refractivity contribution in [3.8, 4) is 0 Å². The molecule has 4 heteroatoms. The van der Waals surface area contributed by atoms with Gasteiger partial charge >= 0.3 is 0 Å². The van der Waals surface area contributed by atoms with Crippen LogP contribution in [0, 0.1) is 0 Å². The van der Waals surface area contributed by atoms with Crippen LogP contribution < -0.4 is 5.46 Å². The molecule has 0 aromatic heterocycles. The van der Waals surface area contributed by atoms with E-state index in [-0.39, 0.29) is 5.78 Å². The normalized spacial score (nSPS) is 17.2. The second-order valence-corrected chi connectivity index (χ2v) is 4.18. The third kappa shape index (κ3) is 2.93. The fourth-order valence-electron chi connectivity index (χ4n) is 1.79. The van der Waals surface area contributed by atoms with Crippen LogP contribution in [0.25, 0.3) is 0 Å². The van der Waals surface area contributed by atoms with Crippen molar-refractivity contribution in [1.29, 1.82) is 0 Å². The van der Waals surface area contributed by atoms with Crippen LogP contribution in [-0.4, -0.2) is 51.4 Å². The molecule has 16 heavy (non-hydrogen) atoms. The highest BCUT2D eigenvalue weighted by Crippen LogP contribution is 2.03. The van der Waals surface area contributed by atoms with E-state index >= 15 is 0 Å². The van der Waals surface area contributed by atoms with Crippen LogP contribution in [0.1, 0.15) is 10.4 Å². The zero-order chi connectivity index (χ0) is 11.4. The SMILES string of the molecule is Bc1ccc(C(=O)CN2CCOCC2)cc1. The van der Waals surface area contributed by atoms with Gasteiger partial charge in [-0.15, -0.1) is 0 Å². The van der Waals surface area contributed by atoms with Crippen molar-refractivity contribution < 1.29 is 9.53 Å². The predicted molar refractivity (Wildman–Crippen MR) is 66.2 cm³/mol. The van der Waals surface area contributed by atoms with E-state index in [1.807, 2.05) is 32.1 Å². The Balaban J connectivity index is 1.94. The molecule has 2 rings (SSSR count). The van der Waals surface area contributed by atoms with Gasteiger partial charge in [-0.2, -0.15) is 0 Å². The summed E-state index contributed by atoms with van der Waals surface area (Å²) in [6.45, 7) is 3.70. The third-order valence-electron chi connectivity index (χ3n) is 2.84. The molecule has 1 aromatic rings. The molecule has 3 nitrogen and oxygen atoms in total. The van der Waals surface area contributed by atoms with Gasteiger partial charge in [0.05, 0.1) is 19.8 Å². The van der Waals surface area contributed by atoms with Crippen molar-refractivity contribution in [2.45, 2.75) is 0 Å². The summed E-state index contributed by atoms with van der Waals surface area (Å²) in [5.74, 6) is 0.196. The van der Waals surface area contributed by atoms with Gasteiger partial charge in [0.25, 0.3) is 0 Å². The van der Waals surface area contributed by atoms with E-state index in [1.54, 1.807) is 0 Å². The average molecular weight is 217 g/mol. The minimum absolute atomic E-state index is 0.196. The smallest absolute Gasteiger partial charge is 0.176 e. The Kier molecular flexibility index (Phi) is 3.75. The molecule has 84 valence electrons. The van der Waals surface area contributed by atoms with Crippen molar-refractivity contribution in [2.75, 3.05) is 32.8 Å². The van der Waals surface area contributed by atoms with E-state index in [4.69, 9.17) is 4.74 Å². The van der Waals surface area contributed by atoms with Gasteiger partial charge in [-0.25, -0.2) is 0 Å². The topological polar surface area (TPSA) is 29.5 Å². The minimum atomic E-state index is 0.196. The number of carbonyl (C=O) groups excluding carboxylic acids is 1. The predicted octanol–water partition coefficient (Wildman–Crippen LogP) is -0.540. The van der Waals surface area contributed by atoms with Gasteiger partial charge in [0, 0.05) is 18.7 Å². The second-order valence-electron chi connectivity index (χ2n) is 4.18. The van der Waals surface area contributed by atoms with Gasteiger partial charge in [-0.3, -0.25) is 9.69 Å². The maximum atomic E-state index is 11.9. The van der Waals surface area contributed by atoms with E-state index in [9.17, 15) is 4.79 Å². The summed E-state index contributed by atoms with van der Waals surface area (Å²) in [4.78, 5) is 14.1. The molecule has 0 amide bonds. The van der Waals surface area contributed by atoms with Crippen molar-refractivity contribution in [3.05, 3.63) is 29.8 Å². The highest BCUT2D eigenvalue weighted by Gasteiger charge is 2.14. The molecule has 1 aliphatic heterocycles. The summed E-state index contributed by atoms with van der Waals surface area (Å²) < 4.78 is 5.25. The van der Waals surface area contributed by atoms with Crippen LogP contribution in [-0.2, 0) is 4.74 Å². The summed E-state index contributed by atoms with van der Waals surface area (Å²) >= 11 is 0. The molecule has 1 fully saturated rings. The van der Waals surface area contributed by atoms with Gasteiger partial charge in [0.1, 0.15) is 7.85 Å². The van der Waals surface area contributed by atoms with E-state index in [0.29, 0.717) is 6.54 Å². The van der Waals surface area contributed by atoms with Crippen molar-refractivity contribution in [2.24, 2.45) is 0 Å². The zero-order valence-electron chi connectivity index (χ0n) is 9.61. The van der Waals surface area contributed by atoms with Crippen LogP contribution in [0.4, 0.5) is 0 Å². The maximum Gasteiger partial charge on any atom is 0.176 e. The number of morpholine rings is 1. The molecule has 0 N–H and O–H groups in total. The molecular weight excluding hydrogens is 201 g/mol. The standard InChI is InChI=1S/C12H16BNO2/c13-11-3-1-10(2-4-11)12(15)9-14-5-7-16-8-6-14/h1-4H,5-9,13H2. The minimum Gasteiger partial charge on any atom is -0.379 e. The highest BCUT2D eigenvalue weighted by molar-refractivity contribution is 6.32. The molecule has 1 saturated heterocycles. The maximum absolute atomic E-state index is 11.9. The number of benzene rings is 1. The molecule has 0 radical (unpaired) electrons. The molecule has 1 aromatic carbocycles. The fraction of sp³-hybridized carbons (Fsp3) is 0.417. The molecule has 0 unspecified atom stereocenters. The van der Waals surface area contributed by atoms with Crippen molar-refractivity contribution >= 4 is 19.1 Å². The third-order valence-corrected chi connectivity index (χ3v) is 2.84. The quantitative estimate of drug-likeness (QED) is 0.503. The number of Topliss-reactive ketones (excluding diaryl/α,β-unsaturated/α-hetero) is 1. The summed E-state index contributed by atoms with van der Waals surface area (Å²) in [7, 11) is 2.02. The number of ether oxygens (including phenoxy) is 1. The first-order valence-electron chi connectivity index (χ1n) is 5.66. The van der Waals surface area contributed by atoms with Crippen LogP contribution in [0.5, 0.6) is 0 Å². The highest BCUT2D eigenvalue weighted by atomic mass is 16.5. The molecular formula is C12H16BNO2. The average Bonchev–Trinajstić information content (AvgIpc) is 2.31. The van der Waals surface area contributed by atoms with Crippen LogP contribution in [0.15, 0.2) is 24.3 Å². The van der Waals surface area contributed by atoms with E-state index < -0.39 is 0 Å².